The van der Waals surface area contributed by atoms with Crippen molar-refractivity contribution in [1.82, 2.24) is 15.6 Å². The summed E-state index contributed by atoms with van der Waals surface area (Å²) in [5.74, 6) is -3.61. The van der Waals surface area contributed by atoms with Crippen molar-refractivity contribution in [2.24, 2.45) is 0 Å². The molecule has 2 rings (SSSR count). The fourth-order valence-corrected chi connectivity index (χ4v) is 2.38. The second-order valence-corrected chi connectivity index (χ2v) is 5.40. The van der Waals surface area contributed by atoms with E-state index in [-0.39, 0.29) is 19.4 Å². The molecule has 10 nitrogen and oxygen atoms in total. The SMILES string of the molecule is O=C(O)CNC(CC(=O)O)c1cccc(C2CC(=O)OC(=O)CN2)n1. The minimum Gasteiger partial charge on any atom is -0.481 e. The van der Waals surface area contributed by atoms with Crippen LogP contribution in [0.5, 0.6) is 0 Å². The van der Waals surface area contributed by atoms with E-state index >= 15 is 0 Å². The van der Waals surface area contributed by atoms with Gasteiger partial charge in [-0.1, -0.05) is 6.07 Å². The van der Waals surface area contributed by atoms with E-state index in [0.29, 0.717) is 11.4 Å². The molecule has 2 heterocycles. The zero-order chi connectivity index (χ0) is 18.4. The van der Waals surface area contributed by atoms with Gasteiger partial charge in [0.15, 0.2) is 0 Å². The molecule has 1 saturated heterocycles. The molecule has 0 aromatic carbocycles. The van der Waals surface area contributed by atoms with Gasteiger partial charge in [0, 0.05) is 0 Å². The lowest BCUT2D eigenvalue weighted by Crippen LogP contribution is -2.30. The number of aliphatic carboxylic acids is 2. The average molecular weight is 351 g/mol. The van der Waals surface area contributed by atoms with Crippen molar-refractivity contribution < 1.29 is 34.1 Å². The summed E-state index contributed by atoms with van der Waals surface area (Å²) < 4.78 is 4.53. The highest BCUT2D eigenvalue weighted by Crippen LogP contribution is 2.21. The molecule has 1 aliphatic heterocycles. The van der Waals surface area contributed by atoms with Crippen LogP contribution in [-0.4, -0.2) is 52.2 Å². The van der Waals surface area contributed by atoms with E-state index < -0.39 is 42.5 Å². The molecule has 2 atom stereocenters. The summed E-state index contributed by atoms with van der Waals surface area (Å²) >= 11 is 0. The van der Waals surface area contributed by atoms with Gasteiger partial charge in [-0.3, -0.25) is 34.8 Å². The third kappa shape index (κ3) is 5.62. The summed E-state index contributed by atoms with van der Waals surface area (Å²) in [6.07, 6.45) is -0.462. The van der Waals surface area contributed by atoms with E-state index in [2.05, 4.69) is 20.4 Å². The molecule has 0 bridgehead atoms. The van der Waals surface area contributed by atoms with Crippen LogP contribution >= 0.6 is 0 Å². The fraction of sp³-hybridized carbons (Fsp3) is 0.400. The number of rotatable bonds is 7. The van der Waals surface area contributed by atoms with Crippen LogP contribution in [0.2, 0.25) is 0 Å². The van der Waals surface area contributed by atoms with Crippen molar-refractivity contribution in [2.45, 2.75) is 24.9 Å². The quantitative estimate of drug-likeness (QED) is 0.369. The molecule has 1 aromatic rings. The number of ether oxygens (including phenoxy) is 1. The number of aromatic nitrogens is 1. The second kappa shape index (κ2) is 8.31. The lowest BCUT2D eigenvalue weighted by molar-refractivity contribution is -0.157. The zero-order valence-electron chi connectivity index (χ0n) is 13.1. The number of cyclic esters (lactones) is 2. The molecule has 0 spiro atoms. The number of carbonyl (C=O) groups is 4. The third-order valence-corrected chi connectivity index (χ3v) is 3.48. The summed E-state index contributed by atoms with van der Waals surface area (Å²) in [4.78, 5) is 48.9. The Morgan fingerprint density at radius 1 is 1.28 bits per heavy atom. The summed E-state index contributed by atoms with van der Waals surface area (Å²) in [6.45, 7) is -0.579. The van der Waals surface area contributed by atoms with Gasteiger partial charge in [0.1, 0.15) is 0 Å². The van der Waals surface area contributed by atoms with E-state index in [1.54, 1.807) is 18.2 Å². The van der Waals surface area contributed by atoms with Crippen LogP contribution in [0, 0.1) is 0 Å². The van der Waals surface area contributed by atoms with Crippen LogP contribution in [0.1, 0.15) is 36.3 Å². The molecular formula is C15H17N3O7. The largest absolute Gasteiger partial charge is 0.481 e. The van der Waals surface area contributed by atoms with Gasteiger partial charge in [0.25, 0.3) is 0 Å². The fourth-order valence-electron chi connectivity index (χ4n) is 2.38. The predicted molar refractivity (Wildman–Crippen MR) is 81.3 cm³/mol. The third-order valence-electron chi connectivity index (χ3n) is 3.48. The van der Waals surface area contributed by atoms with Gasteiger partial charge in [-0.05, 0) is 12.1 Å². The van der Waals surface area contributed by atoms with Gasteiger partial charge in [-0.2, -0.15) is 0 Å². The number of nitrogens with one attached hydrogen (secondary N) is 2. The molecule has 1 fully saturated rings. The summed E-state index contributed by atoms with van der Waals surface area (Å²) in [7, 11) is 0. The Hall–Kier alpha value is -2.85. The molecule has 0 amide bonds. The van der Waals surface area contributed by atoms with Crippen molar-refractivity contribution in [3.63, 3.8) is 0 Å². The number of carboxylic acids is 2. The smallest absolute Gasteiger partial charge is 0.327 e. The number of carboxylic acid groups (broad SMARTS) is 2. The normalized spacial score (nSPS) is 19.0. The summed E-state index contributed by atoms with van der Waals surface area (Å²) in [5.41, 5.74) is 0.753. The number of esters is 2. The maximum absolute atomic E-state index is 11.6. The molecule has 0 saturated carbocycles. The number of carbonyl (C=O) groups excluding carboxylic acids is 2. The van der Waals surface area contributed by atoms with E-state index in [0.717, 1.165) is 0 Å². The molecule has 0 radical (unpaired) electrons. The van der Waals surface area contributed by atoms with Crippen molar-refractivity contribution in [3.05, 3.63) is 29.6 Å². The first-order chi connectivity index (χ1) is 11.8. The standard InChI is InChI=1S/C15H17N3O7/c19-12(20)4-10(16-6-13(21)22)8-2-1-3-9(18-8)11-5-14(23)25-15(24)7-17-11/h1-3,10-11,16-17H,4-7H2,(H,19,20)(H,21,22). The van der Waals surface area contributed by atoms with E-state index in [1.807, 2.05) is 0 Å². The number of pyridine rings is 1. The van der Waals surface area contributed by atoms with E-state index in [4.69, 9.17) is 10.2 Å². The Morgan fingerprint density at radius 3 is 2.72 bits per heavy atom. The average Bonchev–Trinajstić information content (AvgIpc) is 2.71. The van der Waals surface area contributed by atoms with Gasteiger partial charge < -0.3 is 14.9 Å². The number of hydrogen-bond donors (Lipinski definition) is 4. The highest BCUT2D eigenvalue weighted by Gasteiger charge is 2.26. The van der Waals surface area contributed by atoms with Crippen LogP contribution in [0.4, 0.5) is 0 Å². The zero-order valence-corrected chi connectivity index (χ0v) is 13.1. The first-order valence-electron chi connectivity index (χ1n) is 7.46. The minimum absolute atomic E-state index is 0.103. The van der Waals surface area contributed by atoms with Gasteiger partial charge in [0.2, 0.25) is 0 Å². The predicted octanol–water partition coefficient (Wildman–Crippen LogP) is -0.624. The molecule has 0 aliphatic carbocycles. The van der Waals surface area contributed by atoms with Crippen molar-refractivity contribution in [1.29, 1.82) is 0 Å². The Labute approximate surface area is 142 Å². The summed E-state index contributed by atoms with van der Waals surface area (Å²) in [5, 5.41) is 23.2. The lowest BCUT2D eigenvalue weighted by atomic mass is 10.1. The molecule has 25 heavy (non-hydrogen) atoms. The van der Waals surface area contributed by atoms with Crippen molar-refractivity contribution in [2.75, 3.05) is 13.1 Å². The molecule has 10 heteroatoms. The Bertz CT molecular complexity index is 691. The highest BCUT2D eigenvalue weighted by atomic mass is 16.6. The lowest BCUT2D eigenvalue weighted by Gasteiger charge is -2.18. The number of nitrogens with zero attached hydrogens (tertiary/aromatic N) is 1. The second-order valence-electron chi connectivity index (χ2n) is 5.40. The Morgan fingerprint density at radius 2 is 2.04 bits per heavy atom. The molecule has 134 valence electrons. The molecule has 4 N–H and O–H groups in total. The maximum atomic E-state index is 11.6. The van der Waals surface area contributed by atoms with E-state index in [1.165, 1.54) is 0 Å². The first kappa shape index (κ1) is 18.5. The maximum Gasteiger partial charge on any atom is 0.327 e. The molecular weight excluding hydrogens is 334 g/mol. The minimum atomic E-state index is -1.13. The van der Waals surface area contributed by atoms with Crippen LogP contribution < -0.4 is 10.6 Å². The van der Waals surface area contributed by atoms with Crippen LogP contribution in [-0.2, 0) is 23.9 Å². The van der Waals surface area contributed by atoms with Gasteiger partial charge in [0.05, 0.1) is 49.4 Å². The molecule has 1 aliphatic rings. The first-order valence-corrected chi connectivity index (χ1v) is 7.46. The van der Waals surface area contributed by atoms with E-state index in [9.17, 15) is 19.2 Å². The topological polar surface area (TPSA) is 155 Å². The number of hydrogen-bond acceptors (Lipinski definition) is 8. The van der Waals surface area contributed by atoms with Gasteiger partial charge in [-0.15, -0.1) is 0 Å². The van der Waals surface area contributed by atoms with Crippen LogP contribution in [0.3, 0.4) is 0 Å². The summed E-state index contributed by atoms with van der Waals surface area (Å²) in [6, 6.07) is 3.43. The highest BCUT2D eigenvalue weighted by molar-refractivity contribution is 5.87. The van der Waals surface area contributed by atoms with Gasteiger partial charge in [-0.25, -0.2) is 0 Å². The van der Waals surface area contributed by atoms with Crippen molar-refractivity contribution >= 4 is 23.9 Å². The Kier molecular flexibility index (Phi) is 6.14. The van der Waals surface area contributed by atoms with Crippen molar-refractivity contribution in [3.8, 4) is 0 Å². The molecule has 2 unspecified atom stereocenters. The monoisotopic (exact) mass is 351 g/mol. The Balaban J connectivity index is 2.21. The van der Waals surface area contributed by atoms with Gasteiger partial charge >= 0.3 is 23.9 Å². The molecule has 1 aromatic heterocycles. The van der Waals surface area contributed by atoms with Crippen LogP contribution in [0.25, 0.3) is 0 Å². The van der Waals surface area contributed by atoms with Crippen LogP contribution in [0.15, 0.2) is 18.2 Å².